The third-order valence-electron chi connectivity index (χ3n) is 2.85. The maximum atomic E-state index is 11.6. The van der Waals surface area contributed by atoms with Gasteiger partial charge >= 0.3 is 5.97 Å². The molecule has 2 aromatic rings. The summed E-state index contributed by atoms with van der Waals surface area (Å²) >= 11 is 1.60. The number of rotatable bonds is 6. The fourth-order valence-corrected chi connectivity index (χ4v) is 2.64. The largest absolute Gasteiger partial charge is 0.426 e. The zero-order chi connectivity index (χ0) is 13.5. The average Bonchev–Trinajstić information content (AvgIpc) is 2.88. The smallest absolute Gasteiger partial charge is 0.311 e. The van der Waals surface area contributed by atoms with Crippen LogP contribution in [0.2, 0.25) is 0 Å². The van der Waals surface area contributed by atoms with Crippen molar-refractivity contribution < 1.29 is 9.53 Å². The SMILES string of the molecule is CCCCCC(=O)Oc1csc(-c2ccccc2)c1. The monoisotopic (exact) mass is 274 g/mol. The number of carbonyl (C=O) groups excluding carboxylic acids is 1. The highest BCUT2D eigenvalue weighted by atomic mass is 32.1. The van der Waals surface area contributed by atoms with Crippen LogP contribution in [-0.2, 0) is 4.79 Å². The molecule has 0 fully saturated rings. The van der Waals surface area contributed by atoms with E-state index in [4.69, 9.17) is 4.74 Å². The molecule has 100 valence electrons. The maximum Gasteiger partial charge on any atom is 0.311 e. The van der Waals surface area contributed by atoms with Crippen molar-refractivity contribution in [1.29, 1.82) is 0 Å². The third-order valence-corrected chi connectivity index (χ3v) is 3.81. The first-order valence-electron chi connectivity index (χ1n) is 6.64. The summed E-state index contributed by atoms with van der Waals surface area (Å²) < 4.78 is 5.33. The summed E-state index contributed by atoms with van der Waals surface area (Å²) in [5.41, 5.74) is 1.15. The second kappa shape index (κ2) is 7.10. The van der Waals surface area contributed by atoms with Crippen LogP contribution in [0, 0.1) is 0 Å². The molecule has 0 saturated carbocycles. The Morgan fingerprint density at radius 1 is 1.21 bits per heavy atom. The van der Waals surface area contributed by atoms with E-state index in [9.17, 15) is 4.79 Å². The quantitative estimate of drug-likeness (QED) is 0.553. The zero-order valence-electron chi connectivity index (χ0n) is 11.1. The number of benzene rings is 1. The lowest BCUT2D eigenvalue weighted by Crippen LogP contribution is -2.06. The van der Waals surface area contributed by atoms with Crippen LogP contribution in [0.5, 0.6) is 5.75 Å². The Bertz CT molecular complexity index is 517. The molecule has 0 aliphatic rings. The maximum absolute atomic E-state index is 11.6. The molecule has 0 saturated heterocycles. The highest BCUT2D eigenvalue weighted by molar-refractivity contribution is 7.13. The minimum Gasteiger partial charge on any atom is -0.426 e. The van der Waals surface area contributed by atoms with Gasteiger partial charge in [0.2, 0.25) is 0 Å². The molecule has 0 radical (unpaired) electrons. The summed E-state index contributed by atoms with van der Waals surface area (Å²) in [6.07, 6.45) is 3.60. The molecule has 1 aromatic carbocycles. The van der Waals surface area contributed by atoms with Crippen molar-refractivity contribution in [3.05, 3.63) is 41.8 Å². The molecule has 0 bridgehead atoms. The van der Waals surface area contributed by atoms with Crippen LogP contribution in [0.3, 0.4) is 0 Å². The first-order valence-corrected chi connectivity index (χ1v) is 7.52. The summed E-state index contributed by atoms with van der Waals surface area (Å²) in [6, 6.07) is 12.0. The Balaban J connectivity index is 1.93. The van der Waals surface area contributed by atoms with Crippen molar-refractivity contribution in [2.45, 2.75) is 32.6 Å². The summed E-state index contributed by atoms with van der Waals surface area (Å²) in [6.45, 7) is 2.12. The normalized spacial score (nSPS) is 10.4. The van der Waals surface area contributed by atoms with Crippen molar-refractivity contribution in [3.8, 4) is 16.2 Å². The van der Waals surface area contributed by atoms with Gasteiger partial charge < -0.3 is 4.74 Å². The lowest BCUT2D eigenvalue weighted by molar-refractivity contribution is -0.134. The van der Waals surface area contributed by atoms with Crippen LogP contribution < -0.4 is 4.74 Å². The van der Waals surface area contributed by atoms with Crippen LogP contribution in [0.15, 0.2) is 41.8 Å². The number of carbonyl (C=O) groups is 1. The standard InChI is InChI=1S/C16H18O2S/c1-2-3-5-10-16(17)18-14-11-15(19-12-14)13-8-6-4-7-9-13/h4,6-9,11-12H,2-3,5,10H2,1H3. The first-order chi connectivity index (χ1) is 9.29. The van der Waals surface area contributed by atoms with Crippen molar-refractivity contribution in [3.63, 3.8) is 0 Å². The summed E-state index contributed by atoms with van der Waals surface area (Å²) in [5.74, 6) is 0.524. The Kier molecular flexibility index (Phi) is 5.16. The van der Waals surface area contributed by atoms with Crippen LogP contribution in [0.1, 0.15) is 32.6 Å². The zero-order valence-corrected chi connectivity index (χ0v) is 11.9. The van der Waals surface area contributed by atoms with Gasteiger partial charge in [0, 0.05) is 16.7 Å². The van der Waals surface area contributed by atoms with Crippen LogP contribution in [0.25, 0.3) is 10.4 Å². The molecule has 0 N–H and O–H groups in total. The van der Waals surface area contributed by atoms with Crippen LogP contribution >= 0.6 is 11.3 Å². The Hall–Kier alpha value is -1.61. The Labute approximate surface area is 118 Å². The molecule has 3 heteroatoms. The van der Waals surface area contributed by atoms with E-state index in [-0.39, 0.29) is 5.97 Å². The van der Waals surface area contributed by atoms with Gasteiger partial charge in [-0.05, 0) is 18.1 Å². The van der Waals surface area contributed by atoms with E-state index in [2.05, 4.69) is 19.1 Å². The van der Waals surface area contributed by atoms with Gasteiger partial charge in [-0.25, -0.2) is 0 Å². The van der Waals surface area contributed by atoms with Gasteiger partial charge in [0.1, 0.15) is 5.75 Å². The van der Waals surface area contributed by atoms with Gasteiger partial charge in [-0.15, -0.1) is 11.3 Å². The molecular formula is C16H18O2S. The number of hydrogen-bond donors (Lipinski definition) is 0. The van der Waals surface area contributed by atoms with Crippen molar-refractivity contribution in [1.82, 2.24) is 0 Å². The summed E-state index contributed by atoms with van der Waals surface area (Å²) in [4.78, 5) is 12.7. The van der Waals surface area contributed by atoms with E-state index in [0.29, 0.717) is 12.2 Å². The fourth-order valence-electron chi connectivity index (χ4n) is 1.83. The van der Waals surface area contributed by atoms with E-state index in [0.717, 1.165) is 29.7 Å². The first kappa shape index (κ1) is 13.8. The highest BCUT2D eigenvalue weighted by Crippen LogP contribution is 2.31. The molecule has 19 heavy (non-hydrogen) atoms. The third kappa shape index (κ3) is 4.21. The van der Waals surface area contributed by atoms with Gasteiger partial charge in [-0.3, -0.25) is 4.79 Å². The number of esters is 1. The van der Waals surface area contributed by atoms with Gasteiger partial charge in [0.05, 0.1) is 0 Å². The van der Waals surface area contributed by atoms with Crippen LogP contribution in [-0.4, -0.2) is 5.97 Å². The predicted octanol–water partition coefficient (Wildman–Crippen LogP) is 4.90. The molecule has 0 aliphatic carbocycles. The van der Waals surface area contributed by atoms with Gasteiger partial charge in [0.15, 0.2) is 0 Å². The number of hydrogen-bond acceptors (Lipinski definition) is 3. The van der Waals surface area contributed by atoms with E-state index in [1.54, 1.807) is 11.3 Å². The molecular weight excluding hydrogens is 256 g/mol. The Morgan fingerprint density at radius 2 is 2.00 bits per heavy atom. The van der Waals surface area contributed by atoms with E-state index in [1.807, 2.05) is 29.6 Å². The van der Waals surface area contributed by atoms with Gasteiger partial charge in [-0.2, -0.15) is 0 Å². The van der Waals surface area contributed by atoms with E-state index in [1.165, 1.54) is 0 Å². The topological polar surface area (TPSA) is 26.3 Å². The molecule has 0 aliphatic heterocycles. The minimum atomic E-state index is -0.133. The summed E-state index contributed by atoms with van der Waals surface area (Å²) in [5, 5.41) is 1.89. The lowest BCUT2D eigenvalue weighted by atomic mass is 10.2. The summed E-state index contributed by atoms with van der Waals surface area (Å²) in [7, 11) is 0. The molecule has 2 rings (SSSR count). The average molecular weight is 274 g/mol. The molecule has 0 atom stereocenters. The van der Waals surface area contributed by atoms with Crippen LogP contribution in [0.4, 0.5) is 0 Å². The van der Waals surface area contributed by atoms with E-state index < -0.39 is 0 Å². The molecule has 2 nitrogen and oxygen atoms in total. The van der Waals surface area contributed by atoms with Gasteiger partial charge in [-0.1, -0.05) is 50.1 Å². The second-order valence-electron chi connectivity index (χ2n) is 4.44. The van der Waals surface area contributed by atoms with Crippen molar-refractivity contribution in [2.24, 2.45) is 0 Å². The van der Waals surface area contributed by atoms with Crippen molar-refractivity contribution >= 4 is 17.3 Å². The number of unbranched alkanes of at least 4 members (excludes halogenated alkanes) is 2. The Morgan fingerprint density at radius 3 is 2.74 bits per heavy atom. The molecule has 0 unspecified atom stereocenters. The lowest BCUT2D eigenvalue weighted by Gasteiger charge is -2.00. The number of ether oxygens (including phenoxy) is 1. The highest BCUT2D eigenvalue weighted by Gasteiger charge is 2.07. The predicted molar refractivity (Wildman–Crippen MR) is 79.5 cm³/mol. The fraction of sp³-hybridized carbons (Fsp3) is 0.312. The molecule has 0 spiro atoms. The second-order valence-corrected chi connectivity index (χ2v) is 5.36. The van der Waals surface area contributed by atoms with E-state index >= 15 is 0 Å². The van der Waals surface area contributed by atoms with Gasteiger partial charge in [0.25, 0.3) is 0 Å². The molecule has 1 aromatic heterocycles. The molecule has 1 heterocycles. The van der Waals surface area contributed by atoms with Crippen molar-refractivity contribution in [2.75, 3.05) is 0 Å². The number of thiophene rings is 1. The minimum absolute atomic E-state index is 0.133. The molecule has 0 amide bonds.